The molecule has 0 aliphatic carbocycles. The largest absolute Gasteiger partial charge is 0.386 e. The molecule has 2 aromatic carbocycles. The van der Waals surface area contributed by atoms with Gasteiger partial charge in [-0.25, -0.2) is 9.97 Å². The summed E-state index contributed by atoms with van der Waals surface area (Å²) >= 11 is 6.39. The molecule has 0 atom stereocenters. The standard InChI is InChI=1S/C20H15ClN4/c1-22-19-15(21)9-10-16-17(19)18(13-6-3-2-4-7-13)25-20(24-16)14-8-5-11-23-12-14/h2-12,22H,1H3. The van der Waals surface area contributed by atoms with Crippen LogP contribution in [0.2, 0.25) is 5.02 Å². The first-order valence-electron chi connectivity index (χ1n) is 7.92. The molecule has 4 nitrogen and oxygen atoms in total. The monoisotopic (exact) mass is 346 g/mol. The number of hydrogen-bond acceptors (Lipinski definition) is 4. The number of nitrogens with one attached hydrogen (secondary N) is 1. The quantitative estimate of drug-likeness (QED) is 0.563. The molecule has 2 heterocycles. The van der Waals surface area contributed by atoms with Crippen LogP contribution in [0.15, 0.2) is 67.0 Å². The molecule has 0 radical (unpaired) electrons. The number of rotatable bonds is 3. The van der Waals surface area contributed by atoms with Gasteiger partial charge >= 0.3 is 0 Å². The predicted octanol–water partition coefficient (Wildman–Crippen LogP) is 5.05. The first kappa shape index (κ1) is 15.5. The highest BCUT2D eigenvalue weighted by atomic mass is 35.5. The topological polar surface area (TPSA) is 50.7 Å². The number of hydrogen-bond donors (Lipinski definition) is 1. The number of anilines is 1. The number of fused-ring (bicyclic) bond motifs is 1. The Morgan fingerprint density at radius 1 is 0.880 bits per heavy atom. The molecule has 0 bridgehead atoms. The molecule has 0 spiro atoms. The van der Waals surface area contributed by atoms with E-state index in [1.165, 1.54) is 0 Å². The van der Waals surface area contributed by atoms with E-state index in [4.69, 9.17) is 21.6 Å². The van der Waals surface area contributed by atoms with Gasteiger partial charge in [0.2, 0.25) is 0 Å². The van der Waals surface area contributed by atoms with Crippen molar-refractivity contribution in [2.24, 2.45) is 0 Å². The zero-order valence-corrected chi connectivity index (χ0v) is 14.3. The van der Waals surface area contributed by atoms with E-state index in [0.717, 1.165) is 33.4 Å². The molecule has 2 aromatic heterocycles. The van der Waals surface area contributed by atoms with Gasteiger partial charge in [0.25, 0.3) is 0 Å². The number of halogens is 1. The summed E-state index contributed by atoms with van der Waals surface area (Å²) in [6.45, 7) is 0. The van der Waals surface area contributed by atoms with E-state index in [0.29, 0.717) is 10.8 Å². The predicted molar refractivity (Wildman–Crippen MR) is 103 cm³/mol. The van der Waals surface area contributed by atoms with Gasteiger partial charge in [0.05, 0.1) is 27.3 Å². The summed E-state index contributed by atoms with van der Waals surface area (Å²) in [6.07, 6.45) is 3.51. The van der Waals surface area contributed by atoms with Crippen LogP contribution in [-0.4, -0.2) is 22.0 Å². The Balaban J connectivity index is 2.09. The first-order chi connectivity index (χ1) is 12.3. The normalized spacial score (nSPS) is 10.8. The van der Waals surface area contributed by atoms with Crippen molar-refractivity contribution in [3.05, 3.63) is 72.0 Å². The molecule has 0 aliphatic heterocycles. The summed E-state index contributed by atoms with van der Waals surface area (Å²) in [4.78, 5) is 13.8. The summed E-state index contributed by atoms with van der Waals surface area (Å²) in [5.41, 5.74) is 4.40. The lowest BCUT2D eigenvalue weighted by Crippen LogP contribution is -1.99. The second kappa shape index (κ2) is 6.49. The molecule has 0 saturated carbocycles. The molecule has 0 aliphatic rings. The summed E-state index contributed by atoms with van der Waals surface area (Å²) in [7, 11) is 1.85. The van der Waals surface area contributed by atoms with Gasteiger partial charge in [-0.1, -0.05) is 41.9 Å². The molecule has 1 N–H and O–H groups in total. The SMILES string of the molecule is CNc1c(Cl)ccc2nc(-c3cccnc3)nc(-c3ccccc3)c12. The van der Waals surface area contributed by atoms with E-state index in [2.05, 4.69) is 10.3 Å². The molecule has 5 heteroatoms. The van der Waals surface area contributed by atoms with Crippen LogP contribution in [0.25, 0.3) is 33.5 Å². The maximum absolute atomic E-state index is 6.39. The lowest BCUT2D eigenvalue weighted by molar-refractivity contribution is 1.21. The number of benzene rings is 2. The highest BCUT2D eigenvalue weighted by Crippen LogP contribution is 2.37. The van der Waals surface area contributed by atoms with Gasteiger partial charge in [0.1, 0.15) is 0 Å². The lowest BCUT2D eigenvalue weighted by atomic mass is 10.0. The third-order valence-electron chi connectivity index (χ3n) is 4.03. The minimum Gasteiger partial charge on any atom is -0.386 e. The third-order valence-corrected chi connectivity index (χ3v) is 4.35. The molecule has 0 amide bonds. The van der Waals surface area contributed by atoms with Crippen molar-refractivity contribution in [2.45, 2.75) is 0 Å². The smallest absolute Gasteiger partial charge is 0.161 e. The van der Waals surface area contributed by atoms with Crippen molar-refractivity contribution in [1.29, 1.82) is 0 Å². The van der Waals surface area contributed by atoms with Crippen molar-refractivity contribution in [3.8, 4) is 22.6 Å². The van der Waals surface area contributed by atoms with Crippen molar-refractivity contribution >= 4 is 28.2 Å². The Morgan fingerprint density at radius 2 is 1.68 bits per heavy atom. The van der Waals surface area contributed by atoms with Gasteiger partial charge in [0, 0.05) is 30.6 Å². The van der Waals surface area contributed by atoms with Gasteiger partial charge in [-0.2, -0.15) is 0 Å². The van der Waals surface area contributed by atoms with Crippen LogP contribution in [0, 0.1) is 0 Å². The molecule has 4 aromatic rings. The minimum absolute atomic E-state index is 0.642. The van der Waals surface area contributed by atoms with E-state index in [1.807, 2.05) is 61.6 Å². The van der Waals surface area contributed by atoms with Crippen LogP contribution in [0.1, 0.15) is 0 Å². The summed E-state index contributed by atoms with van der Waals surface area (Å²) in [5, 5.41) is 4.74. The van der Waals surface area contributed by atoms with Crippen molar-refractivity contribution in [3.63, 3.8) is 0 Å². The lowest BCUT2D eigenvalue weighted by Gasteiger charge is -2.14. The number of aromatic nitrogens is 3. The zero-order valence-electron chi connectivity index (χ0n) is 13.6. The van der Waals surface area contributed by atoms with Crippen molar-refractivity contribution in [2.75, 3.05) is 12.4 Å². The molecule has 0 unspecified atom stereocenters. The number of pyridine rings is 1. The van der Waals surface area contributed by atoms with Crippen LogP contribution < -0.4 is 5.32 Å². The molecule has 0 saturated heterocycles. The molecule has 4 rings (SSSR count). The summed E-state index contributed by atoms with van der Waals surface area (Å²) in [6, 6.07) is 17.7. The van der Waals surface area contributed by atoms with Crippen LogP contribution in [0.4, 0.5) is 5.69 Å². The van der Waals surface area contributed by atoms with Crippen molar-refractivity contribution < 1.29 is 0 Å². The second-order valence-electron chi connectivity index (χ2n) is 5.57. The Bertz CT molecular complexity index is 1030. The summed E-state index contributed by atoms with van der Waals surface area (Å²) in [5.74, 6) is 0.642. The highest BCUT2D eigenvalue weighted by molar-refractivity contribution is 6.35. The van der Waals surface area contributed by atoms with E-state index in [1.54, 1.807) is 12.4 Å². The number of nitrogens with zero attached hydrogens (tertiary/aromatic N) is 3. The molecule has 122 valence electrons. The Labute approximate surface area is 150 Å². The Hall–Kier alpha value is -2.98. The van der Waals surface area contributed by atoms with Gasteiger partial charge in [-0.3, -0.25) is 4.98 Å². The highest BCUT2D eigenvalue weighted by Gasteiger charge is 2.16. The van der Waals surface area contributed by atoms with Gasteiger partial charge in [-0.15, -0.1) is 0 Å². The second-order valence-corrected chi connectivity index (χ2v) is 5.98. The van der Waals surface area contributed by atoms with Crippen LogP contribution in [0.5, 0.6) is 0 Å². The third kappa shape index (κ3) is 2.81. The van der Waals surface area contributed by atoms with Crippen molar-refractivity contribution in [1.82, 2.24) is 15.0 Å². The van der Waals surface area contributed by atoms with Crippen LogP contribution in [-0.2, 0) is 0 Å². The molecular weight excluding hydrogens is 332 g/mol. The molecule has 25 heavy (non-hydrogen) atoms. The van der Waals surface area contributed by atoms with Crippen LogP contribution in [0.3, 0.4) is 0 Å². The zero-order chi connectivity index (χ0) is 17.2. The van der Waals surface area contributed by atoms with E-state index < -0.39 is 0 Å². The molecule has 0 fully saturated rings. The van der Waals surface area contributed by atoms with Gasteiger partial charge in [0.15, 0.2) is 5.82 Å². The average Bonchev–Trinajstić information content (AvgIpc) is 2.68. The fourth-order valence-electron chi connectivity index (χ4n) is 2.87. The Morgan fingerprint density at radius 3 is 2.40 bits per heavy atom. The maximum Gasteiger partial charge on any atom is 0.161 e. The fraction of sp³-hybridized carbons (Fsp3) is 0.0500. The summed E-state index contributed by atoms with van der Waals surface area (Å²) < 4.78 is 0. The van der Waals surface area contributed by atoms with E-state index >= 15 is 0 Å². The molecular formula is C20H15ClN4. The van der Waals surface area contributed by atoms with E-state index in [-0.39, 0.29) is 0 Å². The van der Waals surface area contributed by atoms with Crippen LogP contribution >= 0.6 is 11.6 Å². The van der Waals surface area contributed by atoms with Gasteiger partial charge in [-0.05, 0) is 24.3 Å². The Kier molecular flexibility index (Phi) is 4.04. The fourth-order valence-corrected chi connectivity index (χ4v) is 3.13. The van der Waals surface area contributed by atoms with Gasteiger partial charge < -0.3 is 5.32 Å². The maximum atomic E-state index is 6.39. The first-order valence-corrected chi connectivity index (χ1v) is 8.29. The minimum atomic E-state index is 0.642. The van der Waals surface area contributed by atoms with E-state index in [9.17, 15) is 0 Å². The average molecular weight is 347 g/mol.